The summed E-state index contributed by atoms with van der Waals surface area (Å²) >= 11 is 0. The summed E-state index contributed by atoms with van der Waals surface area (Å²) in [7, 11) is -0.402. The molecule has 3 rings (SSSR count). The lowest BCUT2D eigenvalue weighted by atomic mass is 10.1. The maximum Gasteiger partial charge on any atom is 0.263 e. The van der Waals surface area contributed by atoms with Gasteiger partial charge in [0.1, 0.15) is 5.75 Å². The number of carbonyl (C=O) groups excluding carboxylic acids is 1. The summed E-state index contributed by atoms with van der Waals surface area (Å²) in [5.74, 6) is 1.25. The molecule has 1 heterocycles. The largest absolute Gasteiger partial charge is 0.493 e. The number of para-hydroxylation sites is 2. The summed E-state index contributed by atoms with van der Waals surface area (Å²) in [6, 6.07) is 12.3. The Hall–Kier alpha value is -2.94. The topological polar surface area (TPSA) is 94.2 Å². The maximum absolute atomic E-state index is 12.6. The van der Waals surface area contributed by atoms with Crippen molar-refractivity contribution in [2.75, 3.05) is 37.9 Å². The highest BCUT2D eigenvalue weighted by Gasteiger charge is 2.34. The summed E-state index contributed by atoms with van der Waals surface area (Å²) < 4.78 is 41.7. The Labute approximate surface area is 170 Å². The van der Waals surface area contributed by atoms with E-state index in [0.717, 1.165) is 11.8 Å². The number of amides is 1. The molecule has 29 heavy (non-hydrogen) atoms. The number of ether oxygens (including phenoxy) is 3. The van der Waals surface area contributed by atoms with E-state index in [1.54, 1.807) is 44.6 Å². The molecule has 0 aliphatic carbocycles. The van der Waals surface area contributed by atoms with Crippen LogP contribution in [0.15, 0.2) is 42.5 Å². The van der Waals surface area contributed by atoms with Gasteiger partial charge in [0.2, 0.25) is 10.0 Å². The number of nitrogens with one attached hydrogen (secondary N) is 1. The van der Waals surface area contributed by atoms with Gasteiger partial charge < -0.3 is 19.5 Å². The fraction of sp³-hybridized carbons (Fsp3) is 0.350. The van der Waals surface area contributed by atoms with Crippen LogP contribution in [0, 0.1) is 0 Å². The lowest BCUT2D eigenvalue weighted by Crippen LogP contribution is -2.50. The fourth-order valence-corrected chi connectivity index (χ4v) is 4.05. The first-order valence-electron chi connectivity index (χ1n) is 9.05. The highest BCUT2D eigenvalue weighted by molar-refractivity contribution is 7.92. The predicted octanol–water partition coefficient (Wildman–Crippen LogP) is 1.59. The third-order valence-corrected chi connectivity index (χ3v) is 5.73. The van der Waals surface area contributed by atoms with Crippen molar-refractivity contribution >= 4 is 21.6 Å². The monoisotopic (exact) mass is 420 g/mol. The fourth-order valence-electron chi connectivity index (χ4n) is 3.13. The van der Waals surface area contributed by atoms with Gasteiger partial charge in [0.25, 0.3) is 5.91 Å². The summed E-state index contributed by atoms with van der Waals surface area (Å²) in [6.07, 6.45) is 0.761. The molecule has 0 radical (unpaired) electrons. The minimum atomic E-state index is -3.54. The first-order chi connectivity index (χ1) is 13.8. The van der Waals surface area contributed by atoms with Crippen LogP contribution in [0.4, 0.5) is 5.69 Å². The van der Waals surface area contributed by atoms with E-state index in [9.17, 15) is 13.2 Å². The van der Waals surface area contributed by atoms with E-state index in [4.69, 9.17) is 14.2 Å². The Morgan fingerprint density at radius 3 is 2.59 bits per heavy atom. The van der Waals surface area contributed by atoms with Gasteiger partial charge in [-0.2, -0.15) is 0 Å². The summed E-state index contributed by atoms with van der Waals surface area (Å²) in [5, 5.41) is 2.81. The van der Waals surface area contributed by atoms with Gasteiger partial charge in [0.05, 0.1) is 32.7 Å². The average Bonchev–Trinajstić information content (AvgIpc) is 2.71. The molecule has 8 nitrogen and oxygen atoms in total. The highest BCUT2D eigenvalue weighted by atomic mass is 32.2. The molecule has 1 N–H and O–H groups in total. The SMILES string of the molecule is COc1ccc(CCNC(=O)C2CN(S(C)(=O)=O)c3ccccc3O2)cc1OC. The zero-order valence-electron chi connectivity index (χ0n) is 16.5. The molecule has 0 aromatic heterocycles. The molecular weight excluding hydrogens is 396 g/mol. The number of rotatable bonds is 7. The molecule has 2 aromatic carbocycles. The van der Waals surface area contributed by atoms with Gasteiger partial charge in [-0.3, -0.25) is 9.10 Å². The number of hydrogen-bond donors (Lipinski definition) is 1. The summed E-state index contributed by atoms with van der Waals surface area (Å²) in [5.41, 5.74) is 1.40. The molecule has 0 bridgehead atoms. The second-order valence-corrected chi connectivity index (χ2v) is 8.51. The number of methoxy groups -OCH3 is 2. The second kappa shape index (κ2) is 8.60. The van der Waals surface area contributed by atoms with Crippen LogP contribution in [-0.4, -0.2) is 54.0 Å². The van der Waals surface area contributed by atoms with Crippen molar-refractivity contribution in [3.63, 3.8) is 0 Å². The predicted molar refractivity (Wildman–Crippen MR) is 109 cm³/mol. The quantitative estimate of drug-likeness (QED) is 0.731. The van der Waals surface area contributed by atoms with Crippen LogP contribution in [-0.2, 0) is 21.2 Å². The lowest BCUT2D eigenvalue weighted by molar-refractivity contribution is -0.127. The smallest absolute Gasteiger partial charge is 0.263 e. The van der Waals surface area contributed by atoms with E-state index < -0.39 is 16.1 Å². The third kappa shape index (κ3) is 4.73. The van der Waals surface area contributed by atoms with Gasteiger partial charge >= 0.3 is 0 Å². The molecule has 1 unspecified atom stereocenters. The molecule has 1 atom stereocenters. The number of nitrogens with zero attached hydrogens (tertiary/aromatic N) is 1. The van der Waals surface area contributed by atoms with Crippen LogP contribution in [0.25, 0.3) is 0 Å². The first kappa shape index (κ1) is 20.8. The normalized spacial score (nSPS) is 15.8. The van der Waals surface area contributed by atoms with Crippen LogP contribution in [0.5, 0.6) is 17.2 Å². The van der Waals surface area contributed by atoms with Crippen LogP contribution in [0.3, 0.4) is 0 Å². The lowest BCUT2D eigenvalue weighted by Gasteiger charge is -2.33. The Balaban J connectivity index is 1.64. The molecule has 1 aliphatic rings. The number of hydrogen-bond acceptors (Lipinski definition) is 6. The second-order valence-electron chi connectivity index (χ2n) is 6.60. The summed E-state index contributed by atoms with van der Waals surface area (Å²) in [6.45, 7) is 0.298. The number of benzene rings is 2. The van der Waals surface area contributed by atoms with E-state index in [-0.39, 0.29) is 12.5 Å². The molecule has 0 saturated carbocycles. The van der Waals surface area contributed by atoms with Crippen molar-refractivity contribution < 1.29 is 27.4 Å². The Morgan fingerprint density at radius 2 is 1.90 bits per heavy atom. The van der Waals surface area contributed by atoms with E-state index in [0.29, 0.717) is 35.9 Å². The number of sulfonamides is 1. The van der Waals surface area contributed by atoms with Crippen molar-refractivity contribution in [3.05, 3.63) is 48.0 Å². The molecule has 2 aromatic rings. The molecule has 156 valence electrons. The van der Waals surface area contributed by atoms with Crippen molar-refractivity contribution in [1.29, 1.82) is 0 Å². The average molecular weight is 420 g/mol. The van der Waals surface area contributed by atoms with Crippen molar-refractivity contribution in [2.24, 2.45) is 0 Å². The molecule has 1 amide bonds. The minimum Gasteiger partial charge on any atom is -0.493 e. The minimum absolute atomic E-state index is 0.0714. The number of anilines is 1. The van der Waals surface area contributed by atoms with Crippen molar-refractivity contribution in [2.45, 2.75) is 12.5 Å². The van der Waals surface area contributed by atoms with Gasteiger partial charge in [-0.05, 0) is 36.2 Å². The molecule has 1 aliphatic heterocycles. The van der Waals surface area contributed by atoms with Crippen LogP contribution in [0.1, 0.15) is 5.56 Å². The standard InChI is InChI=1S/C20H24N2O6S/c1-26-17-9-8-14(12-18(17)27-2)10-11-21-20(23)19-13-22(29(3,24)25)15-6-4-5-7-16(15)28-19/h4-9,12,19H,10-11,13H2,1-3H3,(H,21,23). The van der Waals surface area contributed by atoms with E-state index in [1.807, 2.05) is 12.1 Å². The molecular formula is C20H24N2O6S. The van der Waals surface area contributed by atoms with E-state index >= 15 is 0 Å². The van der Waals surface area contributed by atoms with E-state index in [1.165, 1.54) is 4.31 Å². The van der Waals surface area contributed by atoms with Crippen molar-refractivity contribution in [3.8, 4) is 17.2 Å². The molecule has 0 saturated heterocycles. The van der Waals surface area contributed by atoms with Crippen LogP contribution in [0.2, 0.25) is 0 Å². The molecule has 9 heteroatoms. The van der Waals surface area contributed by atoms with Gasteiger partial charge in [-0.25, -0.2) is 8.42 Å². The first-order valence-corrected chi connectivity index (χ1v) is 10.9. The Morgan fingerprint density at radius 1 is 1.17 bits per heavy atom. The summed E-state index contributed by atoms with van der Waals surface area (Å²) in [4.78, 5) is 12.6. The maximum atomic E-state index is 12.6. The number of carbonyl (C=O) groups is 1. The van der Waals surface area contributed by atoms with Gasteiger partial charge in [-0.1, -0.05) is 18.2 Å². The number of fused-ring (bicyclic) bond motifs is 1. The molecule has 0 fully saturated rings. The third-order valence-electron chi connectivity index (χ3n) is 4.59. The van der Waals surface area contributed by atoms with Crippen LogP contribution >= 0.6 is 0 Å². The zero-order valence-corrected chi connectivity index (χ0v) is 17.4. The van der Waals surface area contributed by atoms with E-state index in [2.05, 4.69) is 5.32 Å². The van der Waals surface area contributed by atoms with Gasteiger partial charge in [0.15, 0.2) is 17.6 Å². The van der Waals surface area contributed by atoms with Crippen LogP contribution < -0.4 is 23.8 Å². The van der Waals surface area contributed by atoms with Gasteiger partial charge in [0, 0.05) is 6.54 Å². The Bertz CT molecular complexity index is 992. The highest BCUT2D eigenvalue weighted by Crippen LogP contribution is 2.34. The molecule has 0 spiro atoms. The zero-order chi connectivity index (χ0) is 21.0. The van der Waals surface area contributed by atoms with Crippen molar-refractivity contribution in [1.82, 2.24) is 5.32 Å². The Kier molecular flexibility index (Phi) is 6.17. The van der Waals surface area contributed by atoms with Gasteiger partial charge in [-0.15, -0.1) is 0 Å².